The zero-order valence-corrected chi connectivity index (χ0v) is 20.0. The molecule has 0 aliphatic carbocycles. The van der Waals surface area contributed by atoms with Crippen molar-refractivity contribution >= 4 is 44.6 Å². The summed E-state index contributed by atoms with van der Waals surface area (Å²) >= 11 is 0. The first-order chi connectivity index (χ1) is 17.3. The number of carbonyl (C=O) groups excluding carboxylic acids is 2. The zero-order chi connectivity index (χ0) is 25.5. The van der Waals surface area contributed by atoms with Crippen LogP contribution in [0.1, 0.15) is 15.9 Å². The SMILES string of the molecule is Nc1cccc(CC(=O)Nc2cccc(C(=O)Nc3ccc(S(=O)(=O)Nc4ccccc4)cc3)c2)c1. The number of nitrogens with two attached hydrogens (primary N) is 1. The van der Waals surface area contributed by atoms with Crippen molar-refractivity contribution < 1.29 is 18.0 Å². The summed E-state index contributed by atoms with van der Waals surface area (Å²) in [5, 5.41) is 5.51. The third-order valence-electron chi connectivity index (χ3n) is 5.17. The van der Waals surface area contributed by atoms with Crippen molar-refractivity contribution in [1.29, 1.82) is 0 Å². The monoisotopic (exact) mass is 500 g/mol. The first-order valence-electron chi connectivity index (χ1n) is 11.0. The molecule has 182 valence electrons. The van der Waals surface area contributed by atoms with Gasteiger partial charge in [0.05, 0.1) is 11.3 Å². The number of para-hydroxylation sites is 1. The highest BCUT2D eigenvalue weighted by atomic mass is 32.2. The Bertz CT molecular complexity index is 1490. The van der Waals surface area contributed by atoms with E-state index in [4.69, 9.17) is 5.73 Å². The lowest BCUT2D eigenvalue weighted by Crippen LogP contribution is -2.16. The molecule has 8 nitrogen and oxygen atoms in total. The number of rotatable bonds is 8. The molecule has 2 amide bonds. The number of carbonyl (C=O) groups is 2. The van der Waals surface area contributed by atoms with E-state index >= 15 is 0 Å². The summed E-state index contributed by atoms with van der Waals surface area (Å²) in [6.07, 6.45) is 0.149. The van der Waals surface area contributed by atoms with Crippen molar-refractivity contribution in [3.8, 4) is 0 Å². The molecule has 0 saturated heterocycles. The quantitative estimate of drug-likeness (QED) is 0.265. The smallest absolute Gasteiger partial charge is 0.261 e. The minimum absolute atomic E-state index is 0.0641. The number of amides is 2. The maximum Gasteiger partial charge on any atom is 0.261 e. The van der Waals surface area contributed by atoms with E-state index in [1.807, 2.05) is 6.07 Å². The van der Waals surface area contributed by atoms with Crippen molar-refractivity contribution in [1.82, 2.24) is 0 Å². The van der Waals surface area contributed by atoms with Gasteiger partial charge in [-0.05, 0) is 72.3 Å². The average molecular weight is 501 g/mol. The Balaban J connectivity index is 1.38. The van der Waals surface area contributed by atoms with Crippen molar-refractivity contribution in [3.63, 3.8) is 0 Å². The number of hydrogen-bond acceptors (Lipinski definition) is 5. The second-order valence-corrected chi connectivity index (χ2v) is 9.68. The van der Waals surface area contributed by atoms with Crippen molar-refractivity contribution in [2.45, 2.75) is 11.3 Å². The van der Waals surface area contributed by atoms with Crippen molar-refractivity contribution in [3.05, 3.63) is 114 Å². The summed E-state index contributed by atoms with van der Waals surface area (Å²) in [7, 11) is -3.76. The van der Waals surface area contributed by atoms with Gasteiger partial charge in [-0.15, -0.1) is 0 Å². The zero-order valence-electron chi connectivity index (χ0n) is 19.1. The number of nitrogens with one attached hydrogen (secondary N) is 3. The lowest BCUT2D eigenvalue weighted by atomic mass is 10.1. The van der Waals surface area contributed by atoms with Gasteiger partial charge < -0.3 is 16.4 Å². The van der Waals surface area contributed by atoms with Crippen LogP contribution in [0.15, 0.2) is 108 Å². The van der Waals surface area contributed by atoms with Crippen molar-refractivity contribution in [2.24, 2.45) is 0 Å². The molecule has 0 spiro atoms. The summed E-state index contributed by atoms with van der Waals surface area (Å²) in [6.45, 7) is 0. The average Bonchev–Trinajstić information content (AvgIpc) is 2.85. The van der Waals surface area contributed by atoms with Crippen LogP contribution in [-0.2, 0) is 21.2 Å². The van der Waals surface area contributed by atoms with Crippen LogP contribution in [0.4, 0.5) is 22.7 Å². The fourth-order valence-corrected chi connectivity index (χ4v) is 4.53. The summed E-state index contributed by atoms with van der Waals surface area (Å²) in [5.41, 5.74) is 8.81. The molecule has 0 heterocycles. The maximum atomic E-state index is 12.7. The summed E-state index contributed by atoms with van der Waals surface area (Å²) in [5.74, 6) is -0.640. The lowest BCUT2D eigenvalue weighted by molar-refractivity contribution is -0.115. The fraction of sp³-hybridized carbons (Fsp3) is 0.0370. The highest BCUT2D eigenvalue weighted by Gasteiger charge is 2.15. The second-order valence-electron chi connectivity index (χ2n) is 8.00. The van der Waals surface area contributed by atoms with E-state index in [1.165, 1.54) is 24.3 Å². The Hall–Kier alpha value is -4.63. The molecule has 5 N–H and O–H groups in total. The summed E-state index contributed by atoms with van der Waals surface area (Å²) < 4.78 is 27.7. The van der Waals surface area contributed by atoms with Crippen LogP contribution >= 0.6 is 0 Å². The number of hydrogen-bond donors (Lipinski definition) is 4. The van der Waals surface area contributed by atoms with Gasteiger partial charge in [0, 0.05) is 28.3 Å². The van der Waals surface area contributed by atoms with Crippen LogP contribution in [0, 0.1) is 0 Å². The molecular weight excluding hydrogens is 476 g/mol. The molecule has 36 heavy (non-hydrogen) atoms. The van der Waals surface area contributed by atoms with E-state index in [0.717, 1.165) is 5.56 Å². The Morgan fingerprint density at radius 1 is 0.694 bits per heavy atom. The van der Waals surface area contributed by atoms with Crippen LogP contribution < -0.4 is 21.1 Å². The molecule has 9 heteroatoms. The van der Waals surface area contributed by atoms with Crippen LogP contribution in [0.5, 0.6) is 0 Å². The predicted octanol–water partition coefficient (Wildman–Crippen LogP) is 4.50. The molecule has 0 bridgehead atoms. The Morgan fingerprint density at radius 3 is 2.11 bits per heavy atom. The van der Waals surface area contributed by atoms with Crippen LogP contribution in [0.2, 0.25) is 0 Å². The topological polar surface area (TPSA) is 130 Å². The first-order valence-corrected chi connectivity index (χ1v) is 12.5. The lowest BCUT2D eigenvalue weighted by Gasteiger charge is -2.10. The highest BCUT2D eigenvalue weighted by Crippen LogP contribution is 2.19. The molecule has 0 unspecified atom stereocenters. The highest BCUT2D eigenvalue weighted by molar-refractivity contribution is 7.92. The summed E-state index contributed by atoms with van der Waals surface area (Å²) in [6, 6.07) is 28.0. The van der Waals surface area contributed by atoms with Gasteiger partial charge in [-0.3, -0.25) is 14.3 Å². The van der Waals surface area contributed by atoms with E-state index in [-0.39, 0.29) is 17.2 Å². The Morgan fingerprint density at radius 2 is 1.39 bits per heavy atom. The van der Waals surface area contributed by atoms with Gasteiger partial charge >= 0.3 is 0 Å². The molecule has 0 fully saturated rings. The molecule has 0 aliphatic rings. The minimum atomic E-state index is -3.76. The van der Waals surface area contributed by atoms with Gasteiger partial charge in [0.1, 0.15) is 0 Å². The minimum Gasteiger partial charge on any atom is -0.399 e. The van der Waals surface area contributed by atoms with Crippen LogP contribution in [-0.4, -0.2) is 20.2 Å². The second kappa shape index (κ2) is 10.7. The standard InChI is InChI=1S/C27H24N4O4S/c28-21-8-4-6-19(16-21)17-26(32)29-24-11-5-7-20(18-24)27(33)30-22-12-14-25(15-13-22)36(34,35)31-23-9-2-1-3-10-23/h1-16,18,31H,17,28H2,(H,29,32)(H,30,33). The van der Waals surface area contributed by atoms with E-state index in [1.54, 1.807) is 72.8 Å². The number of benzene rings is 4. The Kier molecular flexibility index (Phi) is 7.31. The normalized spacial score (nSPS) is 10.9. The largest absolute Gasteiger partial charge is 0.399 e. The molecule has 4 rings (SSSR count). The molecule has 4 aromatic rings. The van der Waals surface area contributed by atoms with Crippen molar-refractivity contribution in [2.75, 3.05) is 21.1 Å². The van der Waals surface area contributed by atoms with Crippen LogP contribution in [0.25, 0.3) is 0 Å². The van der Waals surface area contributed by atoms with E-state index in [0.29, 0.717) is 28.3 Å². The van der Waals surface area contributed by atoms with Gasteiger partial charge in [-0.2, -0.15) is 0 Å². The van der Waals surface area contributed by atoms with E-state index in [9.17, 15) is 18.0 Å². The molecule has 0 radical (unpaired) electrons. The van der Waals surface area contributed by atoms with Gasteiger partial charge in [-0.1, -0.05) is 36.4 Å². The van der Waals surface area contributed by atoms with Gasteiger partial charge in [0.25, 0.3) is 15.9 Å². The maximum absolute atomic E-state index is 12.7. The van der Waals surface area contributed by atoms with Gasteiger partial charge in [-0.25, -0.2) is 8.42 Å². The third kappa shape index (κ3) is 6.49. The third-order valence-corrected chi connectivity index (χ3v) is 6.57. The molecule has 4 aromatic carbocycles. The van der Waals surface area contributed by atoms with Gasteiger partial charge in [0.2, 0.25) is 5.91 Å². The molecule has 0 atom stereocenters. The van der Waals surface area contributed by atoms with E-state index in [2.05, 4.69) is 15.4 Å². The Labute approximate surface area is 209 Å². The van der Waals surface area contributed by atoms with E-state index < -0.39 is 15.9 Å². The number of anilines is 4. The predicted molar refractivity (Wildman–Crippen MR) is 141 cm³/mol. The number of nitrogen functional groups attached to an aromatic ring is 1. The number of sulfonamides is 1. The summed E-state index contributed by atoms with van der Waals surface area (Å²) in [4.78, 5) is 25.2. The fourth-order valence-electron chi connectivity index (χ4n) is 3.47. The van der Waals surface area contributed by atoms with Crippen LogP contribution in [0.3, 0.4) is 0 Å². The molecule has 0 aromatic heterocycles. The molecule has 0 aliphatic heterocycles. The first kappa shape index (κ1) is 24.5. The van der Waals surface area contributed by atoms with Gasteiger partial charge in [0.15, 0.2) is 0 Å². The molecule has 0 saturated carbocycles. The molecular formula is C27H24N4O4S.